The number of carbonyl (C=O) groups excluding carboxylic acids is 4. The summed E-state index contributed by atoms with van der Waals surface area (Å²) in [6.07, 6.45) is 6.76. The summed E-state index contributed by atoms with van der Waals surface area (Å²) in [4.78, 5) is 63.7. The largest absolute Gasteiger partial charge is 0.480 e. The minimum atomic E-state index is -1.16. The van der Waals surface area contributed by atoms with E-state index in [1.54, 1.807) is 42.5 Å². The number of rotatable bonds is 66. The number of carbonyl (C=O) groups is 5. The molecule has 3 amide bonds. The SMILES string of the molecule is CCCOCC(C[N+](C)(C)CCCNC(=O)CCOCCOCCOCCOCCOCCOCCOCCOCCOCCOCCOCCOCCOCCC(=O)NCCC1(C(=O)N[C@@H](Cc2ccc(CC(=O)c3c(Cl)cccc3Cl)cc2)C(=O)O)CCCC1)OCCC. The lowest BCUT2D eigenvalue weighted by Gasteiger charge is -2.33. The third kappa shape index (κ3) is 43.5. The van der Waals surface area contributed by atoms with Gasteiger partial charge in [0.2, 0.25) is 17.7 Å². The second kappa shape index (κ2) is 56.7. The normalized spacial score (nSPS) is 13.6. The van der Waals surface area contributed by atoms with Crippen molar-refractivity contribution in [1.29, 1.82) is 0 Å². The Morgan fingerprint density at radius 3 is 1.29 bits per heavy atom. The molecule has 1 fully saturated rings. The molecule has 0 aliphatic heterocycles. The summed E-state index contributed by atoms with van der Waals surface area (Å²) < 4.78 is 84.7. The lowest BCUT2D eigenvalue weighted by Crippen LogP contribution is -2.49. The number of quaternary nitrogens is 1. The molecular weight excluding hydrogens is 1290 g/mol. The van der Waals surface area contributed by atoms with E-state index in [2.05, 4.69) is 43.9 Å². The van der Waals surface area contributed by atoms with Crippen molar-refractivity contribution in [2.45, 2.75) is 103 Å². The van der Waals surface area contributed by atoms with Crippen LogP contribution in [0.3, 0.4) is 0 Å². The quantitative estimate of drug-likeness (QED) is 0.0317. The molecule has 0 radical (unpaired) electrons. The number of carboxylic acid groups (broad SMARTS) is 1. The summed E-state index contributed by atoms with van der Waals surface area (Å²) in [7, 11) is 4.38. The predicted molar refractivity (Wildman–Crippen MR) is 363 cm³/mol. The highest BCUT2D eigenvalue weighted by Crippen LogP contribution is 2.41. The van der Waals surface area contributed by atoms with Crippen LogP contribution in [0.25, 0.3) is 0 Å². The first-order chi connectivity index (χ1) is 46.7. The number of nitrogens with zero attached hydrogens (tertiary/aromatic N) is 1. The number of ether oxygens (including phenoxy) is 15. The number of amides is 3. The summed E-state index contributed by atoms with van der Waals surface area (Å²) in [5.74, 6) is -1.94. The van der Waals surface area contributed by atoms with Gasteiger partial charge in [0, 0.05) is 58.4 Å². The molecule has 3 rings (SSSR count). The summed E-state index contributed by atoms with van der Waals surface area (Å²) in [5.41, 5.74) is 0.871. The number of benzene rings is 2. The average molecular weight is 1410 g/mol. The van der Waals surface area contributed by atoms with Crippen molar-refractivity contribution in [3.63, 3.8) is 0 Å². The molecular formula is C69H115Cl2N4O21+. The molecule has 0 heterocycles. The molecule has 2 atom stereocenters. The van der Waals surface area contributed by atoms with Gasteiger partial charge < -0.3 is 96.6 Å². The minimum absolute atomic E-state index is 0.0134. The van der Waals surface area contributed by atoms with Gasteiger partial charge in [-0.05, 0) is 55.4 Å². The highest BCUT2D eigenvalue weighted by atomic mass is 35.5. The summed E-state index contributed by atoms with van der Waals surface area (Å²) in [6, 6.07) is 10.7. The maximum atomic E-state index is 13.7. The maximum absolute atomic E-state index is 13.7. The first-order valence-electron chi connectivity index (χ1n) is 34.3. The van der Waals surface area contributed by atoms with Crippen LogP contribution in [0.4, 0.5) is 0 Å². The number of ketones is 1. The number of likely N-dealkylation sites (N-methyl/N-ethyl adjacent to an activating group) is 1. The van der Waals surface area contributed by atoms with Crippen LogP contribution in [0.15, 0.2) is 42.5 Å². The van der Waals surface area contributed by atoms with Crippen LogP contribution < -0.4 is 16.0 Å². The van der Waals surface area contributed by atoms with Crippen LogP contribution in [0.1, 0.15) is 99.5 Å². The molecule has 0 spiro atoms. The molecule has 0 aromatic heterocycles. The molecule has 0 saturated heterocycles. The van der Waals surface area contributed by atoms with Crippen LogP contribution in [0.2, 0.25) is 10.0 Å². The predicted octanol–water partition coefficient (Wildman–Crippen LogP) is 6.40. The fourth-order valence-corrected chi connectivity index (χ4v) is 10.7. The van der Waals surface area contributed by atoms with Gasteiger partial charge in [0.25, 0.3) is 0 Å². The third-order valence-electron chi connectivity index (χ3n) is 15.2. The van der Waals surface area contributed by atoms with Crippen LogP contribution in [0.5, 0.6) is 0 Å². The van der Waals surface area contributed by atoms with Crippen LogP contribution in [-0.4, -0.2) is 283 Å². The van der Waals surface area contributed by atoms with Crippen LogP contribution >= 0.6 is 23.2 Å². The molecule has 1 aliphatic rings. The van der Waals surface area contributed by atoms with Gasteiger partial charge in [-0.3, -0.25) is 19.2 Å². The number of aliphatic carboxylic acids is 1. The number of halogens is 2. The van der Waals surface area contributed by atoms with Gasteiger partial charge in [0.05, 0.1) is 220 Å². The maximum Gasteiger partial charge on any atom is 0.326 e. The van der Waals surface area contributed by atoms with Crippen LogP contribution in [-0.2, 0) is 103 Å². The van der Waals surface area contributed by atoms with Gasteiger partial charge in [0.15, 0.2) is 5.78 Å². The summed E-state index contributed by atoms with van der Waals surface area (Å²) in [5, 5.41) is 19.3. The van der Waals surface area contributed by atoms with Gasteiger partial charge in [0.1, 0.15) is 18.7 Å². The van der Waals surface area contributed by atoms with Crippen molar-refractivity contribution in [2.75, 3.05) is 232 Å². The average Bonchev–Trinajstić information content (AvgIpc) is 2.08. The zero-order valence-corrected chi connectivity index (χ0v) is 59.3. The van der Waals surface area contributed by atoms with E-state index in [1.165, 1.54) is 0 Å². The van der Waals surface area contributed by atoms with E-state index in [0.717, 1.165) is 62.9 Å². The minimum Gasteiger partial charge on any atom is -0.480 e. The van der Waals surface area contributed by atoms with E-state index in [9.17, 15) is 29.1 Å². The monoisotopic (exact) mass is 1410 g/mol. The number of nitrogens with one attached hydrogen (secondary N) is 3. The molecule has 96 heavy (non-hydrogen) atoms. The van der Waals surface area contributed by atoms with Crippen molar-refractivity contribution in [2.24, 2.45) is 5.41 Å². The summed E-state index contributed by atoms with van der Waals surface area (Å²) in [6.45, 7) is 20.0. The third-order valence-corrected chi connectivity index (χ3v) is 15.9. The second-order valence-electron chi connectivity index (χ2n) is 23.7. The Labute approximate surface area is 580 Å². The first kappa shape index (κ1) is 86.2. The van der Waals surface area contributed by atoms with E-state index in [1.807, 2.05) is 0 Å². The Morgan fingerprint density at radius 1 is 0.510 bits per heavy atom. The van der Waals surface area contributed by atoms with Gasteiger partial charge in [-0.2, -0.15) is 0 Å². The molecule has 2 aromatic carbocycles. The molecule has 2 aromatic rings. The van der Waals surface area contributed by atoms with Gasteiger partial charge in [-0.25, -0.2) is 4.79 Å². The Hall–Kier alpha value is -4.07. The zero-order valence-electron chi connectivity index (χ0n) is 57.8. The molecule has 550 valence electrons. The van der Waals surface area contributed by atoms with Gasteiger partial charge in [-0.15, -0.1) is 0 Å². The van der Waals surface area contributed by atoms with Gasteiger partial charge >= 0.3 is 5.97 Å². The number of hydrogen-bond acceptors (Lipinski definition) is 20. The fourth-order valence-electron chi connectivity index (χ4n) is 10.1. The van der Waals surface area contributed by atoms with Gasteiger partial charge in [-0.1, -0.05) is 80.2 Å². The summed E-state index contributed by atoms with van der Waals surface area (Å²) >= 11 is 12.4. The highest BCUT2D eigenvalue weighted by Gasteiger charge is 2.42. The molecule has 1 unspecified atom stereocenters. The standard InChI is InChI=1S/C69H114Cl2N4O21/c1-5-25-95-56-59(96-26-6-2)55-75(3,4)24-10-22-72-64(77)17-27-82-29-31-84-33-35-86-37-39-88-41-43-90-45-47-92-49-51-94-52-50-93-48-46-91-44-42-89-40-38-87-36-34-85-32-30-83-28-18-65(78)73-23-21-69(19-7-8-20-69)68(81)74-62(67(79)80)53-57-13-15-58(16-14-57)54-63(76)66-60(70)11-9-12-61(66)71/h9,11-16,59,62H,5-8,10,17-56H2,1-4H3,(H3-,72,73,74,77,78,79,80,81)/p+1/t59?,62-/m0/s1. The van der Waals surface area contributed by atoms with Crippen LogP contribution in [0, 0.1) is 5.41 Å². The second-order valence-corrected chi connectivity index (χ2v) is 24.6. The first-order valence-corrected chi connectivity index (χ1v) is 35.1. The Kier molecular flexibility index (Phi) is 50.8. The molecule has 1 saturated carbocycles. The molecule has 1 aliphatic carbocycles. The van der Waals surface area contributed by atoms with Crippen molar-refractivity contribution >= 4 is 52.7 Å². The zero-order chi connectivity index (χ0) is 69.4. The van der Waals surface area contributed by atoms with E-state index in [-0.39, 0.29) is 77.6 Å². The fraction of sp³-hybridized carbons (Fsp3) is 0.754. The number of carboxylic acids is 1. The van der Waals surface area contributed by atoms with Crippen molar-refractivity contribution < 1.29 is 105 Å². The molecule has 25 nitrogen and oxygen atoms in total. The molecule has 0 bridgehead atoms. The van der Waals surface area contributed by atoms with E-state index in [0.29, 0.717) is 215 Å². The number of Topliss-reactive ketones (excluding diaryl/α,β-unsaturated/α-hetero) is 1. The van der Waals surface area contributed by atoms with Crippen molar-refractivity contribution in [3.8, 4) is 0 Å². The Bertz CT molecular complexity index is 2300. The smallest absolute Gasteiger partial charge is 0.326 e. The molecule has 27 heteroatoms. The van der Waals surface area contributed by atoms with Crippen molar-refractivity contribution in [3.05, 3.63) is 69.2 Å². The van der Waals surface area contributed by atoms with E-state index < -0.39 is 17.4 Å². The van der Waals surface area contributed by atoms with E-state index >= 15 is 0 Å². The Morgan fingerprint density at radius 2 is 0.896 bits per heavy atom. The van der Waals surface area contributed by atoms with Crippen molar-refractivity contribution in [1.82, 2.24) is 16.0 Å². The lowest BCUT2D eigenvalue weighted by atomic mass is 9.81. The topological polar surface area (TPSA) is 280 Å². The van der Waals surface area contributed by atoms with E-state index in [4.69, 9.17) is 94.3 Å². The highest BCUT2D eigenvalue weighted by molar-refractivity contribution is 6.39. The molecule has 4 N–H and O–H groups in total. The number of hydrogen-bond donors (Lipinski definition) is 4. The lowest BCUT2D eigenvalue weighted by molar-refractivity contribution is -0.893. The Balaban J connectivity index is 0.982.